The molecular weight excluding hydrogens is 246 g/mol. The summed E-state index contributed by atoms with van der Waals surface area (Å²) in [6.07, 6.45) is 1.78. The van der Waals surface area contributed by atoms with Gasteiger partial charge in [-0.3, -0.25) is 9.59 Å². The van der Waals surface area contributed by atoms with Crippen molar-refractivity contribution in [1.29, 1.82) is 0 Å². The van der Waals surface area contributed by atoms with Crippen LogP contribution in [0.5, 0.6) is 0 Å². The van der Waals surface area contributed by atoms with E-state index in [1.54, 1.807) is 6.08 Å². The van der Waals surface area contributed by atoms with Crippen LogP contribution in [0.4, 0.5) is 0 Å². The van der Waals surface area contributed by atoms with Crippen LogP contribution >= 0.6 is 0 Å². The maximum atomic E-state index is 11.5. The first-order chi connectivity index (χ1) is 9.13. The van der Waals surface area contributed by atoms with Gasteiger partial charge in [-0.1, -0.05) is 30.3 Å². The number of aliphatic hydroxyl groups is 1. The molecule has 1 aromatic carbocycles. The molecule has 0 bridgehead atoms. The molecule has 19 heavy (non-hydrogen) atoms. The van der Waals surface area contributed by atoms with Crippen molar-refractivity contribution in [3.8, 4) is 0 Å². The van der Waals surface area contributed by atoms with Gasteiger partial charge in [-0.2, -0.15) is 0 Å². The Labute approximate surface area is 111 Å². The highest BCUT2D eigenvalue weighted by Crippen LogP contribution is 2.00. The fourth-order valence-electron chi connectivity index (χ4n) is 1.29. The molecule has 0 fully saturated rings. The Hall–Kier alpha value is -2.18. The lowest BCUT2D eigenvalue weighted by atomic mass is 10.2. The van der Waals surface area contributed by atoms with Crippen LogP contribution in [0.2, 0.25) is 0 Å². The molecule has 102 valence electrons. The molecule has 1 atom stereocenters. The number of nitrogens with one attached hydrogen (secondary N) is 2. The lowest BCUT2D eigenvalue weighted by Crippen LogP contribution is -2.52. The molecule has 0 radical (unpaired) electrons. The predicted molar refractivity (Wildman–Crippen MR) is 71.7 cm³/mol. The van der Waals surface area contributed by atoms with Crippen molar-refractivity contribution in [3.63, 3.8) is 0 Å². The Bertz CT molecular complexity index is 446. The highest BCUT2D eigenvalue weighted by atomic mass is 16.3. The summed E-state index contributed by atoms with van der Waals surface area (Å²) in [5, 5.41) is 13.2. The number of hydrogen-bond donors (Lipinski definition) is 4. The fraction of sp³-hybridized carbons (Fsp3) is 0.231. The summed E-state index contributed by atoms with van der Waals surface area (Å²) in [5.74, 6) is -1.01. The number of rotatable bonds is 6. The topological polar surface area (TPSA) is 104 Å². The molecule has 0 aliphatic carbocycles. The fourth-order valence-corrected chi connectivity index (χ4v) is 1.29. The summed E-state index contributed by atoms with van der Waals surface area (Å²) < 4.78 is 0. The predicted octanol–water partition coefficient (Wildman–Crippen LogP) is -0.791. The summed E-state index contributed by atoms with van der Waals surface area (Å²) in [4.78, 5) is 22.8. The van der Waals surface area contributed by atoms with E-state index < -0.39 is 18.0 Å². The van der Waals surface area contributed by atoms with Crippen LogP contribution in [0.25, 0.3) is 6.08 Å². The number of nitrogens with two attached hydrogens (primary N) is 1. The Morgan fingerprint density at radius 2 is 2.00 bits per heavy atom. The zero-order chi connectivity index (χ0) is 14.1. The third kappa shape index (κ3) is 5.80. The first-order valence-electron chi connectivity index (χ1n) is 5.81. The van der Waals surface area contributed by atoms with Gasteiger partial charge >= 0.3 is 0 Å². The van der Waals surface area contributed by atoms with Gasteiger partial charge < -0.3 is 21.5 Å². The van der Waals surface area contributed by atoms with E-state index in [-0.39, 0.29) is 13.2 Å². The minimum Gasteiger partial charge on any atom is -0.395 e. The Morgan fingerprint density at radius 3 is 2.63 bits per heavy atom. The van der Waals surface area contributed by atoms with Gasteiger partial charge in [-0.25, -0.2) is 0 Å². The quantitative estimate of drug-likeness (QED) is 0.399. The average Bonchev–Trinajstić information content (AvgIpc) is 2.43. The van der Waals surface area contributed by atoms with E-state index in [2.05, 4.69) is 10.6 Å². The summed E-state index contributed by atoms with van der Waals surface area (Å²) in [7, 11) is 0. The van der Waals surface area contributed by atoms with Gasteiger partial charge in [0.15, 0.2) is 6.17 Å². The van der Waals surface area contributed by atoms with Crippen LogP contribution < -0.4 is 16.4 Å². The first-order valence-corrected chi connectivity index (χ1v) is 5.81. The zero-order valence-electron chi connectivity index (χ0n) is 10.4. The van der Waals surface area contributed by atoms with E-state index in [9.17, 15) is 9.59 Å². The van der Waals surface area contributed by atoms with Gasteiger partial charge in [0.2, 0.25) is 5.91 Å². The van der Waals surface area contributed by atoms with Crippen LogP contribution in [-0.4, -0.2) is 36.2 Å². The molecule has 1 aromatic rings. The van der Waals surface area contributed by atoms with Crippen LogP contribution in [0.3, 0.4) is 0 Å². The van der Waals surface area contributed by atoms with Crippen LogP contribution in [0, 0.1) is 0 Å². The zero-order valence-corrected chi connectivity index (χ0v) is 10.4. The van der Waals surface area contributed by atoms with Gasteiger partial charge in [0.1, 0.15) is 0 Å². The summed E-state index contributed by atoms with van der Waals surface area (Å²) in [6, 6.07) is 9.27. The van der Waals surface area contributed by atoms with Gasteiger partial charge in [-0.15, -0.1) is 0 Å². The van der Waals surface area contributed by atoms with Crippen molar-refractivity contribution in [3.05, 3.63) is 42.0 Å². The minimum absolute atomic E-state index is 0.0995. The van der Waals surface area contributed by atoms with Crippen molar-refractivity contribution in [1.82, 2.24) is 10.6 Å². The van der Waals surface area contributed by atoms with Crippen molar-refractivity contribution >= 4 is 17.9 Å². The SMILES string of the molecule is NC(NC(=O)C=Cc1ccccc1)C(=O)NCCO. The van der Waals surface area contributed by atoms with Crippen molar-refractivity contribution in [2.75, 3.05) is 13.2 Å². The van der Waals surface area contributed by atoms with Crippen molar-refractivity contribution in [2.45, 2.75) is 6.17 Å². The Balaban J connectivity index is 2.42. The van der Waals surface area contributed by atoms with E-state index >= 15 is 0 Å². The number of amides is 2. The summed E-state index contributed by atoms with van der Waals surface area (Å²) >= 11 is 0. The highest BCUT2D eigenvalue weighted by molar-refractivity contribution is 5.95. The maximum Gasteiger partial charge on any atom is 0.257 e. The molecule has 1 unspecified atom stereocenters. The second-order valence-electron chi connectivity index (χ2n) is 3.74. The molecule has 0 saturated heterocycles. The molecule has 2 amide bonds. The van der Waals surface area contributed by atoms with Crippen LogP contribution in [0.1, 0.15) is 5.56 Å². The van der Waals surface area contributed by atoms with Crippen molar-refractivity contribution < 1.29 is 14.7 Å². The normalized spacial score (nSPS) is 12.1. The number of carbonyl (C=O) groups excluding carboxylic acids is 2. The Kier molecular flexibility index (Phi) is 6.28. The third-order valence-electron chi connectivity index (χ3n) is 2.22. The molecule has 1 rings (SSSR count). The molecule has 0 spiro atoms. The lowest BCUT2D eigenvalue weighted by molar-refractivity contribution is -0.127. The van der Waals surface area contributed by atoms with Gasteiger partial charge in [-0.05, 0) is 11.6 Å². The molecule has 0 aromatic heterocycles. The molecule has 6 heteroatoms. The number of hydrogen-bond acceptors (Lipinski definition) is 4. The Morgan fingerprint density at radius 1 is 1.32 bits per heavy atom. The smallest absolute Gasteiger partial charge is 0.257 e. The molecule has 0 saturated carbocycles. The molecule has 0 aliphatic heterocycles. The monoisotopic (exact) mass is 263 g/mol. The van der Waals surface area contributed by atoms with E-state index in [0.717, 1.165) is 5.56 Å². The number of benzene rings is 1. The van der Waals surface area contributed by atoms with E-state index in [1.807, 2.05) is 30.3 Å². The van der Waals surface area contributed by atoms with E-state index in [0.29, 0.717) is 0 Å². The van der Waals surface area contributed by atoms with Gasteiger partial charge in [0.05, 0.1) is 6.61 Å². The van der Waals surface area contributed by atoms with Crippen LogP contribution in [-0.2, 0) is 9.59 Å². The molecule has 0 heterocycles. The van der Waals surface area contributed by atoms with E-state index in [1.165, 1.54) is 6.08 Å². The summed E-state index contributed by atoms with van der Waals surface area (Å²) in [5.41, 5.74) is 6.34. The average molecular weight is 263 g/mol. The van der Waals surface area contributed by atoms with Crippen LogP contribution in [0.15, 0.2) is 36.4 Å². The lowest BCUT2D eigenvalue weighted by Gasteiger charge is -2.11. The molecular formula is C13H17N3O3. The third-order valence-corrected chi connectivity index (χ3v) is 2.22. The van der Waals surface area contributed by atoms with Gasteiger partial charge in [0, 0.05) is 12.6 Å². The molecule has 0 aliphatic rings. The first kappa shape index (κ1) is 14.9. The largest absolute Gasteiger partial charge is 0.395 e. The summed E-state index contributed by atoms with van der Waals surface area (Å²) in [6.45, 7) is -0.0808. The minimum atomic E-state index is -1.14. The highest BCUT2D eigenvalue weighted by Gasteiger charge is 2.13. The molecule has 6 nitrogen and oxygen atoms in total. The standard InChI is InChI=1S/C13H17N3O3/c14-12(13(19)15-8-9-17)16-11(18)7-6-10-4-2-1-3-5-10/h1-7,12,17H,8-9,14H2,(H,15,19)(H,16,18). The second kappa shape index (κ2) is 8.02. The number of aliphatic hydroxyl groups excluding tert-OH is 1. The van der Waals surface area contributed by atoms with E-state index in [4.69, 9.17) is 10.8 Å². The second-order valence-corrected chi connectivity index (χ2v) is 3.74. The molecule has 5 N–H and O–H groups in total. The van der Waals surface area contributed by atoms with Gasteiger partial charge in [0.25, 0.3) is 5.91 Å². The van der Waals surface area contributed by atoms with Crippen molar-refractivity contribution in [2.24, 2.45) is 5.73 Å². The maximum absolute atomic E-state index is 11.5. The number of carbonyl (C=O) groups is 2.